The monoisotopic (exact) mass is 495 g/mol. The summed E-state index contributed by atoms with van der Waals surface area (Å²) in [5.74, 6) is -2.06. The highest BCUT2D eigenvalue weighted by atomic mass is 16.3. The van der Waals surface area contributed by atoms with E-state index >= 15 is 0 Å². The Kier molecular flexibility index (Phi) is 12.1. The third-order valence-corrected chi connectivity index (χ3v) is 5.36. The van der Waals surface area contributed by atoms with Gasteiger partial charge in [0.25, 0.3) is 11.8 Å². The van der Waals surface area contributed by atoms with E-state index < -0.39 is 42.0 Å². The van der Waals surface area contributed by atoms with Crippen molar-refractivity contribution in [3.8, 4) is 0 Å². The zero-order chi connectivity index (χ0) is 26.6. The summed E-state index contributed by atoms with van der Waals surface area (Å²) in [4.78, 5) is 72.6. The smallest absolute Gasteiger partial charge is 0.312 e. The largest absolute Gasteiger partial charge is 0.394 e. The predicted molar refractivity (Wildman–Crippen MR) is 127 cm³/mol. The summed E-state index contributed by atoms with van der Waals surface area (Å²) in [6.07, 6.45) is 4.74. The maximum absolute atomic E-state index is 12.8. The summed E-state index contributed by atoms with van der Waals surface area (Å²) in [6.45, 7) is 5.00. The lowest BCUT2D eigenvalue weighted by atomic mass is 9.84. The van der Waals surface area contributed by atoms with Crippen molar-refractivity contribution in [3.63, 3.8) is 0 Å². The fourth-order valence-electron chi connectivity index (χ4n) is 3.43. The van der Waals surface area contributed by atoms with E-state index in [0.717, 1.165) is 4.90 Å². The molecule has 1 aliphatic rings. The first-order chi connectivity index (χ1) is 16.4. The minimum Gasteiger partial charge on any atom is -0.394 e. The Bertz CT molecular complexity index is 817. The number of carbonyl (C=O) groups excluding carboxylic acids is 6. The number of unbranched alkanes of at least 4 members (excludes halogenated alkanes) is 2. The van der Waals surface area contributed by atoms with Crippen molar-refractivity contribution in [1.29, 1.82) is 0 Å². The Balaban J connectivity index is 2.51. The van der Waals surface area contributed by atoms with Crippen LogP contribution in [0.5, 0.6) is 0 Å². The summed E-state index contributed by atoms with van der Waals surface area (Å²) in [5.41, 5.74) is 4.29. The van der Waals surface area contributed by atoms with Gasteiger partial charge in [-0.05, 0) is 25.7 Å². The first kappa shape index (κ1) is 29.8. The van der Waals surface area contributed by atoms with Gasteiger partial charge in [0.05, 0.1) is 12.6 Å². The molecule has 0 saturated heterocycles. The number of Topliss-reactive ketones (excluding diaryl/α,β-unsaturated/α-hetero) is 1. The molecule has 12 heteroatoms. The number of nitrogens with two attached hydrogens (primary N) is 1. The molecule has 0 aromatic rings. The number of hydrogen-bond acceptors (Lipinski definition) is 7. The second kappa shape index (κ2) is 14.2. The normalized spacial score (nSPS) is 15.0. The molecule has 6 amide bonds. The second-order valence-electron chi connectivity index (χ2n) is 9.38. The van der Waals surface area contributed by atoms with Crippen LogP contribution in [0.15, 0.2) is 12.2 Å². The molecule has 0 bridgehead atoms. The minimum atomic E-state index is -1.23. The number of amides is 6. The number of aliphatic hydroxyl groups is 1. The van der Waals surface area contributed by atoms with Crippen LogP contribution in [-0.4, -0.2) is 77.2 Å². The van der Waals surface area contributed by atoms with Gasteiger partial charge in [0.15, 0.2) is 5.78 Å². The molecular weight excluding hydrogens is 458 g/mol. The Hall–Kier alpha value is -3.28. The standard InChI is InChI=1S/C23H37N5O7/c1-23(2,3)20(33)15(8-7-12-25-22(24)35)27-21(34)16(14-29)26-17(30)9-5-4-6-13-28-18(31)10-11-19(28)32/h10-11,15-16,29H,4-9,12-14H2,1-3H3,(H,26,30)(H,27,34)(H3,24,25,35)/t15-,16-/m0/s1. The van der Waals surface area contributed by atoms with E-state index in [2.05, 4.69) is 16.0 Å². The molecule has 6 N–H and O–H groups in total. The number of hydrogen-bond donors (Lipinski definition) is 5. The molecule has 0 radical (unpaired) electrons. The van der Waals surface area contributed by atoms with E-state index in [4.69, 9.17) is 5.73 Å². The molecule has 12 nitrogen and oxygen atoms in total. The van der Waals surface area contributed by atoms with E-state index in [1.54, 1.807) is 20.8 Å². The van der Waals surface area contributed by atoms with Gasteiger partial charge in [-0.25, -0.2) is 4.79 Å². The number of urea groups is 1. The number of carbonyl (C=O) groups is 6. The van der Waals surface area contributed by atoms with Crippen LogP contribution in [0.3, 0.4) is 0 Å². The zero-order valence-corrected chi connectivity index (χ0v) is 20.6. The maximum Gasteiger partial charge on any atom is 0.312 e. The molecule has 2 atom stereocenters. The van der Waals surface area contributed by atoms with Crippen LogP contribution < -0.4 is 21.7 Å². The van der Waals surface area contributed by atoms with Crippen LogP contribution in [0.2, 0.25) is 0 Å². The van der Waals surface area contributed by atoms with Crippen molar-refractivity contribution in [1.82, 2.24) is 20.9 Å². The van der Waals surface area contributed by atoms with Gasteiger partial charge in [0.2, 0.25) is 11.8 Å². The third kappa shape index (κ3) is 10.7. The van der Waals surface area contributed by atoms with E-state index in [9.17, 15) is 33.9 Å². The van der Waals surface area contributed by atoms with Crippen LogP contribution in [0.4, 0.5) is 4.79 Å². The van der Waals surface area contributed by atoms with Gasteiger partial charge in [-0.3, -0.25) is 28.9 Å². The molecule has 0 aromatic carbocycles. The number of nitrogens with zero attached hydrogens (tertiary/aromatic N) is 1. The lowest BCUT2D eigenvalue weighted by Gasteiger charge is -2.27. The van der Waals surface area contributed by atoms with Gasteiger partial charge in [-0.2, -0.15) is 0 Å². The lowest BCUT2D eigenvalue weighted by Crippen LogP contribution is -2.54. The summed E-state index contributed by atoms with van der Waals surface area (Å²) < 4.78 is 0. The Morgan fingerprint density at radius 1 is 0.971 bits per heavy atom. The van der Waals surface area contributed by atoms with Crippen molar-refractivity contribution in [2.24, 2.45) is 11.1 Å². The topological polar surface area (TPSA) is 188 Å². The van der Waals surface area contributed by atoms with E-state index in [0.29, 0.717) is 25.7 Å². The van der Waals surface area contributed by atoms with Crippen molar-refractivity contribution >= 4 is 35.4 Å². The van der Waals surface area contributed by atoms with Crippen molar-refractivity contribution < 1.29 is 33.9 Å². The average molecular weight is 496 g/mol. The van der Waals surface area contributed by atoms with E-state index in [1.807, 2.05) is 0 Å². The number of primary amides is 1. The van der Waals surface area contributed by atoms with Crippen LogP contribution in [0, 0.1) is 5.41 Å². The molecule has 0 aliphatic carbocycles. The highest BCUT2D eigenvalue weighted by Gasteiger charge is 2.32. The number of rotatable bonds is 15. The Morgan fingerprint density at radius 2 is 1.60 bits per heavy atom. The number of imide groups is 1. The molecule has 196 valence electrons. The van der Waals surface area contributed by atoms with Crippen LogP contribution in [0.25, 0.3) is 0 Å². The van der Waals surface area contributed by atoms with Gasteiger partial charge in [0.1, 0.15) is 6.04 Å². The van der Waals surface area contributed by atoms with Crippen molar-refractivity contribution in [3.05, 3.63) is 12.2 Å². The molecular formula is C23H37N5O7. The molecule has 0 spiro atoms. The quantitative estimate of drug-likeness (QED) is 0.149. The van der Waals surface area contributed by atoms with Crippen LogP contribution >= 0.6 is 0 Å². The van der Waals surface area contributed by atoms with Gasteiger partial charge < -0.3 is 26.8 Å². The van der Waals surface area contributed by atoms with E-state index in [-0.39, 0.29) is 43.5 Å². The van der Waals surface area contributed by atoms with Crippen LogP contribution in [-0.2, 0) is 24.0 Å². The zero-order valence-electron chi connectivity index (χ0n) is 20.6. The Labute approximate surface area is 205 Å². The van der Waals surface area contributed by atoms with Crippen LogP contribution in [0.1, 0.15) is 59.3 Å². The van der Waals surface area contributed by atoms with Crippen molar-refractivity contribution in [2.45, 2.75) is 71.4 Å². The first-order valence-corrected chi connectivity index (χ1v) is 11.7. The van der Waals surface area contributed by atoms with E-state index in [1.165, 1.54) is 12.2 Å². The third-order valence-electron chi connectivity index (χ3n) is 5.36. The molecule has 0 aromatic heterocycles. The molecule has 1 heterocycles. The number of aliphatic hydroxyl groups excluding tert-OH is 1. The molecule has 1 rings (SSSR count). The fraction of sp³-hybridized carbons (Fsp3) is 0.652. The molecule has 35 heavy (non-hydrogen) atoms. The van der Waals surface area contributed by atoms with Gasteiger partial charge in [-0.15, -0.1) is 0 Å². The summed E-state index contributed by atoms with van der Waals surface area (Å²) in [5, 5.41) is 17.1. The highest BCUT2D eigenvalue weighted by molar-refractivity contribution is 6.12. The Morgan fingerprint density at radius 3 is 2.14 bits per heavy atom. The first-order valence-electron chi connectivity index (χ1n) is 11.7. The SMILES string of the molecule is CC(C)(C)C(=O)[C@H](CCCNC(N)=O)NC(=O)[C@H](CO)NC(=O)CCCCCN1C(=O)C=CC1=O. The van der Waals surface area contributed by atoms with Crippen molar-refractivity contribution in [2.75, 3.05) is 19.7 Å². The average Bonchev–Trinajstić information content (AvgIpc) is 3.09. The number of nitrogens with one attached hydrogen (secondary N) is 3. The molecule has 1 aliphatic heterocycles. The van der Waals surface area contributed by atoms with Gasteiger partial charge in [0, 0.05) is 37.1 Å². The molecule has 0 unspecified atom stereocenters. The number of ketones is 1. The second-order valence-corrected chi connectivity index (χ2v) is 9.38. The van der Waals surface area contributed by atoms with Gasteiger partial charge >= 0.3 is 6.03 Å². The summed E-state index contributed by atoms with van der Waals surface area (Å²) in [6, 6.07) is -2.79. The lowest BCUT2D eigenvalue weighted by molar-refractivity contribution is -0.137. The fourth-order valence-corrected chi connectivity index (χ4v) is 3.43. The summed E-state index contributed by atoms with van der Waals surface area (Å²) in [7, 11) is 0. The molecule has 0 saturated carbocycles. The highest BCUT2D eigenvalue weighted by Crippen LogP contribution is 2.19. The maximum atomic E-state index is 12.8. The predicted octanol–water partition coefficient (Wildman–Crippen LogP) is -0.503. The summed E-state index contributed by atoms with van der Waals surface area (Å²) >= 11 is 0. The van der Waals surface area contributed by atoms with Gasteiger partial charge in [-0.1, -0.05) is 27.2 Å². The minimum absolute atomic E-state index is 0.0903. The molecule has 0 fully saturated rings.